The van der Waals surface area contributed by atoms with Crippen LogP contribution in [0.1, 0.15) is 44.4 Å². The van der Waals surface area contributed by atoms with Gasteiger partial charge in [0.1, 0.15) is 11.9 Å². The molecule has 110 valence electrons. The number of nitrogens with one attached hydrogen (secondary N) is 1. The molecule has 0 aliphatic carbocycles. The van der Waals surface area contributed by atoms with E-state index in [0.717, 1.165) is 17.4 Å². The molecule has 5 heteroatoms. The first-order valence-corrected chi connectivity index (χ1v) is 6.80. The van der Waals surface area contributed by atoms with Crippen LogP contribution in [0.5, 0.6) is 0 Å². The third-order valence-corrected chi connectivity index (χ3v) is 3.03. The summed E-state index contributed by atoms with van der Waals surface area (Å²) in [6.45, 7) is 7.24. The molecule has 1 atom stereocenters. The fourth-order valence-corrected chi connectivity index (χ4v) is 1.84. The Balaban J connectivity index is 2.85. The van der Waals surface area contributed by atoms with Crippen molar-refractivity contribution in [1.29, 1.82) is 0 Å². The van der Waals surface area contributed by atoms with Crippen LogP contribution >= 0.6 is 11.6 Å². The van der Waals surface area contributed by atoms with Crippen LogP contribution in [-0.4, -0.2) is 18.0 Å². The average Bonchev–Trinajstić information content (AvgIpc) is 2.30. The number of carbonyl (C=O) groups excluding carboxylic acids is 2. The number of benzene rings is 1. The van der Waals surface area contributed by atoms with Crippen LogP contribution in [0.25, 0.3) is 0 Å². The van der Waals surface area contributed by atoms with Crippen LogP contribution in [0.15, 0.2) is 18.2 Å². The topological polar surface area (TPSA) is 55.4 Å². The van der Waals surface area contributed by atoms with Gasteiger partial charge in [-0.25, -0.2) is 4.79 Å². The Labute approximate surface area is 124 Å². The van der Waals surface area contributed by atoms with Gasteiger partial charge in [0.15, 0.2) is 0 Å². The maximum atomic E-state index is 11.8. The summed E-state index contributed by atoms with van der Waals surface area (Å²) >= 11 is 6.07. The Bertz CT molecular complexity index is 494. The molecule has 1 aromatic rings. The van der Waals surface area contributed by atoms with Gasteiger partial charge in [0.25, 0.3) is 0 Å². The normalized spacial score (nSPS) is 12.7. The molecule has 0 aliphatic rings. The van der Waals surface area contributed by atoms with E-state index >= 15 is 0 Å². The van der Waals surface area contributed by atoms with Gasteiger partial charge in [0.2, 0.25) is 0 Å². The van der Waals surface area contributed by atoms with Crippen LogP contribution in [0.2, 0.25) is 5.02 Å². The Morgan fingerprint density at radius 3 is 2.60 bits per heavy atom. The molecule has 0 fully saturated rings. The molecule has 1 amide bonds. The SMILES string of the molecule is Cc1ccc([C@H](CC=O)NC(=O)OC(C)(C)C)cc1Cl. The zero-order chi connectivity index (χ0) is 15.3. The van der Waals surface area contributed by atoms with Gasteiger partial charge in [-0.2, -0.15) is 0 Å². The van der Waals surface area contributed by atoms with Crippen LogP contribution in [-0.2, 0) is 9.53 Å². The maximum absolute atomic E-state index is 11.8. The fourth-order valence-electron chi connectivity index (χ4n) is 1.65. The number of halogens is 1. The highest BCUT2D eigenvalue weighted by Gasteiger charge is 2.20. The second-order valence-corrected chi connectivity index (χ2v) is 6.02. The average molecular weight is 298 g/mol. The summed E-state index contributed by atoms with van der Waals surface area (Å²) < 4.78 is 5.19. The molecule has 0 radical (unpaired) electrons. The predicted octanol–water partition coefficient (Wildman–Crippen LogP) is 3.80. The summed E-state index contributed by atoms with van der Waals surface area (Å²) in [6, 6.07) is 5.00. The summed E-state index contributed by atoms with van der Waals surface area (Å²) in [5.41, 5.74) is 1.14. The molecule has 0 unspecified atom stereocenters. The van der Waals surface area contributed by atoms with E-state index in [9.17, 15) is 9.59 Å². The smallest absolute Gasteiger partial charge is 0.408 e. The van der Waals surface area contributed by atoms with E-state index in [0.29, 0.717) is 5.02 Å². The zero-order valence-electron chi connectivity index (χ0n) is 12.2. The van der Waals surface area contributed by atoms with Crippen molar-refractivity contribution in [3.05, 3.63) is 34.3 Å². The van der Waals surface area contributed by atoms with Crippen LogP contribution in [0, 0.1) is 6.92 Å². The molecule has 0 bridgehead atoms. The van der Waals surface area contributed by atoms with E-state index in [1.807, 2.05) is 19.1 Å². The van der Waals surface area contributed by atoms with Crippen molar-refractivity contribution in [1.82, 2.24) is 5.32 Å². The van der Waals surface area contributed by atoms with Crippen molar-refractivity contribution in [3.63, 3.8) is 0 Å². The molecule has 20 heavy (non-hydrogen) atoms. The number of rotatable bonds is 4. The molecule has 0 aromatic heterocycles. The predicted molar refractivity (Wildman–Crippen MR) is 79.0 cm³/mol. The Kier molecular flexibility index (Phi) is 5.57. The molecule has 1 rings (SSSR count). The number of amides is 1. The number of hydrogen-bond acceptors (Lipinski definition) is 3. The minimum atomic E-state index is -0.583. The molecular weight excluding hydrogens is 278 g/mol. The van der Waals surface area contributed by atoms with Gasteiger partial charge in [-0.1, -0.05) is 23.7 Å². The fraction of sp³-hybridized carbons (Fsp3) is 0.467. The third kappa shape index (κ3) is 5.21. The Morgan fingerprint density at radius 1 is 1.45 bits per heavy atom. The lowest BCUT2D eigenvalue weighted by molar-refractivity contribution is -0.108. The highest BCUT2D eigenvalue weighted by molar-refractivity contribution is 6.31. The van der Waals surface area contributed by atoms with E-state index in [1.165, 1.54) is 0 Å². The van der Waals surface area contributed by atoms with Gasteiger partial charge in [0.05, 0.1) is 6.04 Å². The first-order valence-electron chi connectivity index (χ1n) is 6.42. The minimum Gasteiger partial charge on any atom is -0.444 e. The number of alkyl carbamates (subject to hydrolysis) is 1. The first-order chi connectivity index (χ1) is 9.23. The summed E-state index contributed by atoms with van der Waals surface area (Å²) in [5.74, 6) is 0. The summed E-state index contributed by atoms with van der Waals surface area (Å²) in [4.78, 5) is 22.6. The molecule has 1 aromatic carbocycles. The quantitative estimate of drug-likeness (QED) is 0.860. The van der Waals surface area contributed by atoms with Crippen molar-refractivity contribution in [2.45, 2.75) is 45.8 Å². The lowest BCUT2D eigenvalue weighted by Crippen LogP contribution is -2.35. The number of ether oxygens (including phenoxy) is 1. The largest absolute Gasteiger partial charge is 0.444 e. The summed E-state index contributed by atoms with van der Waals surface area (Å²) in [5, 5.41) is 3.29. The third-order valence-electron chi connectivity index (χ3n) is 2.62. The second kappa shape index (κ2) is 6.75. The van der Waals surface area contributed by atoms with E-state index in [4.69, 9.17) is 16.3 Å². The molecule has 1 N–H and O–H groups in total. The van der Waals surface area contributed by atoms with Crippen molar-refractivity contribution in [2.24, 2.45) is 0 Å². The Hall–Kier alpha value is -1.55. The summed E-state index contributed by atoms with van der Waals surface area (Å²) in [7, 11) is 0. The van der Waals surface area contributed by atoms with Gasteiger partial charge >= 0.3 is 6.09 Å². The number of aryl methyl sites for hydroxylation is 1. The maximum Gasteiger partial charge on any atom is 0.408 e. The highest BCUT2D eigenvalue weighted by atomic mass is 35.5. The first kappa shape index (κ1) is 16.5. The van der Waals surface area contributed by atoms with E-state index in [2.05, 4.69) is 5.32 Å². The van der Waals surface area contributed by atoms with Gasteiger partial charge in [-0.05, 0) is 44.9 Å². The van der Waals surface area contributed by atoms with Gasteiger partial charge in [-0.3, -0.25) is 0 Å². The lowest BCUT2D eigenvalue weighted by atomic mass is 10.0. The molecule has 0 saturated carbocycles. The van der Waals surface area contributed by atoms with Crippen molar-refractivity contribution in [2.75, 3.05) is 0 Å². The van der Waals surface area contributed by atoms with Crippen molar-refractivity contribution in [3.8, 4) is 0 Å². The summed E-state index contributed by atoms with van der Waals surface area (Å²) in [6.07, 6.45) is 0.370. The van der Waals surface area contributed by atoms with E-state index in [1.54, 1.807) is 26.8 Å². The van der Waals surface area contributed by atoms with Gasteiger partial charge in [0, 0.05) is 11.4 Å². The van der Waals surface area contributed by atoms with Crippen LogP contribution in [0.4, 0.5) is 4.79 Å². The second-order valence-electron chi connectivity index (χ2n) is 5.61. The molecule has 0 saturated heterocycles. The molecular formula is C15H20ClNO3. The van der Waals surface area contributed by atoms with Gasteiger partial charge in [-0.15, -0.1) is 0 Å². The number of carbonyl (C=O) groups is 2. The van der Waals surface area contributed by atoms with E-state index < -0.39 is 17.7 Å². The van der Waals surface area contributed by atoms with Crippen LogP contribution < -0.4 is 5.32 Å². The number of hydrogen-bond donors (Lipinski definition) is 1. The molecule has 0 spiro atoms. The monoisotopic (exact) mass is 297 g/mol. The Morgan fingerprint density at radius 2 is 2.10 bits per heavy atom. The molecule has 0 aliphatic heterocycles. The van der Waals surface area contributed by atoms with Crippen molar-refractivity contribution < 1.29 is 14.3 Å². The highest BCUT2D eigenvalue weighted by Crippen LogP contribution is 2.23. The number of aldehydes is 1. The van der Waals surface area contributed by atoms with E-state index in [-0.39, 0.29) is 6.42 Å². The van der Waals surface area contributed by atoms with Crippen molar-refractivity contribution >= 4 is 24.0 Å². The zero-order valence-corrected chi connectivity index (χ0v) is 13.0. The van der Waals surface area contributed by atoms with Crippen LogP contribution in [0.3, 0.4) is 0 Å². The lowest BCUT2D eigenvalue weighted by Gasteiger charge is -2.23. The molecule has 0 heterocycles. The standard InChI is InChI=1S/C15H20ClNO3/c1-10-5-6-11(9-12(10)16)13(7-8-18)17-14(19)20-15(2,3)4/h5-6,8-9,13H,7H2,1-4H3,(H,17,19)/t13-/m0/s1. The molecule has 4 nitrogen and oxygen atoms in total. The minimum absolute atomic E-state index is 0.165. The van der Waals surface area contributed by atoms with Gasteiger partial charge < -0.3 is 14.8 Å².